The van der Waals surface area contributed by atoms with Gasteiger partial charge in [-0.1, -0.05) is 45.0 Å². The third kappa shape index (κ3) is 12.3. The maximum atomic E-state index is 10.3. The number of aryl methyl sites for hydroxylation is 2. The molecule has 1 atom stereocenters. The van der Waals surface area contributed by atoms with E-state index in [0.717, 1.165) is 37.2 Å². The van der Waals surface area contributed by atoms with Crippen LogP contribution in [0.4, 0.5) is 5.82 Å². The molecule has 238 valence electrons. The second-order valence-corrected chi connectivity index (χ2v) is 10.4. The summed E-state index contributed by atoms with van der Waals surface area (Å²) in [6, 6.07) is 8.21. The summed E-state index contributed by atoms with van der Waals surface area (Å²) in [6.45, 7) is 19.7. The number of nitrogens with zero attached hydrogens (tertiary/aromatic N) is 5. The van der Waals surface area contributed by atoms with Crippen LogP contribution in [0.15, 0.2) is 37.6 Å². The quantitative estimate of drug-likeness (QED) is 0.312. The fourth-order valence-electron chi connectivity index (χ4n) is 5.49. The molecule has 1 unspecified atom stereocenters. The number of carbonyl (C=O) groups is 1. The van der Waals surface area contributed by atoms with Crippen LogP contribution in [0.2, 0.25) is 0 Å². The fourth-order valence-corrected chi connectivity index (χ4v) is 5.49. The summed E-state index contributed by atoms with van der Waals surface area (Å²) in [6.07, 6.45) is 7.56. The summed E-state index contributed by atoms with van der Waals surface area (Å²) in [4.78, 5) is 26.0. The molecule has 0 aliphatic carbocycles. The topological polar surface area (TPSA) is 125 Å². The van der Waals surface area contributed by atoms with Gasteiger partial charge in [0, 0.05) is 44.9 Å². The maximum absolute atomic E-state index is 10.3. The second-order valence-electron chi connectivity index (χ2n) is 10.4. The van der Waals surface area contributed by atoms with Crippen molar-refractivity contribution in [3.8, 4) is 0 Å². The van der Waals surface area contributed by atoms with Gasteiger partial charge in [0.05, 0.1) is 11.9 Å². The van der Waals surface area contributed by atoms with Crippen molar-refractivity contribution in [3.63, 3.8) is 0 Å². The summed E-state index contributed by atoms with van der Waals surface area (Å²) < 4.78 is 0. The fraction of sp³-hybridized carbons (Fsp3) is 0.606. The Balaban J connectivity index is 0.000000883. The van der Waals surface area contributed by atoms with Crippen LogP contribution in [0.3, 0.4) is 0 Å². The van der Waals surface area contributed by atoms with E-state index in [1.165, 1.54) is 75.7 Å². The van der Waals surface area contributed by atoms with E-state index >= 15 is 0 Å². The number of piperidine rings is 1. The lowest BCUT2D eigenvalue weighted by atomic mass is 9.97. The lowest BCUT2D eigenvalue weighted by molar-refractivity contribution is 0.0204. The van der Waals surface area contributed by atoms with Crippen molar-refractivity contribution < 1.29 is 9.90 Å². The van der Waals surface area contributed by atoms with Crippen LogP contribution in [-0.4, -0.2) is 102 Å². The monoisotopic (exact) mass is 585 g/mol. The van der Waals surface area contributed by atoms with Crippen LogP contribution < -0.4 is 11.5 Å². The molecule has 2 saturated heterocycles. The average Bonchev–Trinajstić information content (AvgIpc) is 3.01. The van der Waals surface area contributed by atoms with E-state index in [1.807, 2.05) is 6.92 Å². The Kier molecular flexibility index (Phi) is 20.5. The third-order valence-corrected chi connectivity index (χ3v) is 7.72. The first-order valence-electron chi connectivity index (χ1n) is 14.9. The molecule has 0 bridgehead atoms. The number of aldehydes is 1. The van der Waals surface area contributed by atoms with E-state index in [-0.39, 0.29) is 25.5 Å². The number of carbonyl (C=O) groups excluding carboxylic acids is 1. The number of aliphatic hydroxyl groups excluding tert-OH is 1. The Labute approximate surface area is 256 Å². The summed E-state index contributed by atoms with van der Waals surface area (Å²) in [5.74, 6) is 0.192. The van der Waals surface area contributed by atoms with E-state index in [4.69, 9.17) is 5.73 Å². The highest BCUT2D eigenvalue weighted by molar-refractivity contribution is 5.78. The predicted octanol–water partition coefficient (Wildman–Crippen LogP) is 3.97. The van der Waals surface area contributed by atoms with E-state index in [9.17, 15) is 9.90 Å². The Morgan fingerprint density at radius 1 is 1.10 bits per heavy atom. The molecule has 1 aromatic heterocycles. The van der Waals surface area contributed by atoms with Gasteiger partial charge in [0.1, 0.15) is 5.69 Å². The normalized spacial score (nSPS) is 17.7. The van der Waals surface area contributed by atoms with Gasteiger partial charge in [0.2, 0.25) is 0 Å². The minimum absolute atomic E-state index is 0. The Bertz CT molecular complexity index is 1010. The lowest BCUT2D eigenvalue weighted by Crippen LogP contribution is -2.57. The number of nitrogen functional groups attached to an aromatic ring is 1. The highest BCUT2D eigenvalue weighted by Gasteiger charge is 2.32. The van der Waals surface area contributed by atoms with Crippen LogP contribution in [-0.2, 0) is 19.4 Å². The minimum Gasteiger partial charge on any atom is -0.396 e. The Hall–Kier alpha value is -2.69. The number of hydrogen-bond acceptors (Lipinski definition) is 9. The van der Waals surface area contributed by atoms with Gasteiger partial charge in [-0.25, -0.2) is 9.97 Å². The van der Waals surface area contributed by atoms with Crippen molar-refractivity contribution in [2.75, 3.05) is 59.2 Å². The van der Waals surface area contributed by atoms with Crippen molar-refractivity contribution in [1.29, 1.82) is 0 Å². The molecule has 9 heteroatoms. The zero-order chi connectivity index (χ0) is 30.8. The standard InChI is InChI=1S/C22H37N3O.C7H9N3O.C2H4.CH5N.CH4/c1-4-21-17-23(3)12-13-25(21)22-7-10-24(11-8-22)16-20-6-5-18(2)15-19(20)9-14-26;1-2-5-3-9-7(8)6(4-11)10-5;2*1-2;/h5-6,15,21-22,26H,4,7-14,16-17H2,1-3H3;3-4H,2H2,1H3,(H2,8,9);1-2H2;2H2,1H3;1H4. The molecule has 2 aliphatic rings. The number of aromatic nitrogens is 2. The molecule has 0 radical (unpaired) electrons. The molecule has 42 heavy (non-hydrogen) atoms. The molecule has 0 amide bonds. The summed E-state index contributed by atoms with van der Waals surface area (Å²) >= 11 is 0. The van der Waals surface area contributed by atoms with Crippen molar-refractivity contribution in [2.45, 2.75) is 78.9 Å². The van der Waals surface area contributed by atoms with Gasteiger partial charge < -0.3 is 21.5 Å². The second kappa shape index (κ2) is 21.9. The van der Waals surface area contributed by atoms with Crippen LogP contribution >= 0.6 is 0 Å². The van der Waals surface area contributed by atoms with E-state index in [1.54, 1.807) is 6.20 Å². The average molecular weight is 586 g/mol. The van der Waals surface area contributed by atoms with E-state index in [2.05, 4.69) is 82.7 Å². The molecular formula is C33H59N7O2. The highest BCUT2D eigenvalue weighted by atomic mass is 16.3. The van der Waals surface area contributed by atoms with Crippen LogP contribution in [0, 0.1) is 6.92 Å². The molecule has 0 saturated carbocycles. The van der Waals surface area contributed by atoms with E-state index < -0.39 is 0 Å². The van der Waals surface area contributed by atoms with Gasteiger partial charge in [-0.05, 0) is 77.3 Å². The molecule has 9 nitrogen and oxygen atoms in total. The highest BCUT2D eigenvalue weighted by Crippen LogP contribution is 2.24. The molecule has 2 aromatic rings. The number of likely N-dealkylation sites (tertiary alicyclic amines) is 1. The Morgan fingerprint density at radius 2 is 1.76 bits per heavy atom. The number of aliphatic hydroxyl groups is 1. The number of rotatable bonds is 8. The van der Waals surface area contributed by atoms with Crippen molar-refractivity contribution in [1.82, 2.24) is 24.7 Å². The SMILES string of the molecule is C.C=C.CCC1CN(C)CCN1C1CCN(Cc2ccc(C)cc2CCO)CC1.CCc1cnc(N)c(C=O)n1.CN. The molecule has 2 fully saturated rings. The van der Waals surface area contributed by atoms with Gasteiger partial charge in [-0.2, -0.15) is 0 Å². The summed E-state index contributed by atoms with van der Waals surface area (Å²) in [5, 5.41) is 9.36. The van der Waals surface area contributed by atoms with Gasteiger partial charge in [0.25, 0.3) is 0 Å². The molecule has 2 aliphatic heterocycles. The van der Waals surface area contributed by atoms with E-state index in [0.29, 0.717) is 6.29 Å². The molecule has 5 N–H and O–H groups in total. The number of nitrogens with two attached hydrogens (primary N) is 2. The number of anilines is 1. The van der Waals surface area contributed by atoms with Gasteiger partial charge in [0.15, 0.2) is 12.1 Å². The summed E-state index contributed by atoms with van der Waals surface area (Å²) in [5.41, 5.74) is 14.9. The van der Waals surface area contributed by atoms with Gasteiger partial charge >= 0.3 is 0 Å². The number of piperazine rings is 1. The van der Waals surface area contributed by atoms with Crippen molar-refractivity contribution in [2.24, 2.45) is 5.73 Å². The van der Waals surface area contributed by atoms with Gasteiger partial charge in [-0.15, -0.1) is 13.2 Å². The van der Waals surface area contributed by atoms with Crippen LogP contribution in [0.5, 0.6) is 0 Å². The zero-order valence-electron chi connectivity index (χ0n) is 26.2. The molecule has 0 spiro atoms. The Morgan fingerprint density at radius 3 is 2.33 bits per heavy atom. The van der Waals surface area contributed by atoms with Crippen LogP contribution in [0.1, 0.15) is 73.4 Å². The predicted molar refractivity (Wildman–Crippen MR) is 178 cm³/mol. The van der Waals surface area contributed by atoms with Gasteiger partial charge in [-0.3, -0.25) is 14.6 Å². The minimum atomic E-state index is 0. The first kappa shape index (κ1) is 39.3. The lowest BCUT2D eigenvalue weighted by Gasteiger charge is -2.46. The first-order chi connectivity index (χ1) is 19.9. The zero-order valence-corrected chi connectivity index (χ0v) is 26.2. The summed E-state index contributed by atoms with van der Waals surface area (Å²) in [7, 11) is 3.76. The molecule has 1 aromatic carbocycles. The van der Waals surface area contributed by atoms with Crippen molar-refractivity contribution >= 4 is 12.1 Å². The first-order valence-corrected chi connectivity index (χ1v) is 14.9. The number of likely N-dealkylation sites (N-methyl/N-ethyl adjacent to an activating group) is 1. The number of hydrogen-bond donors (Lipinski definition) is 3. The smallest absolute Gasteiger partial charge is 0.172 e. The largest absolute Gasteiger partial charge is 0.396 e. The molecule has 4 rings (SSSR count). The number of benzene rings is 1. The molecule has 3 heterocycles. The molecular weight excluding hydrogens is 526 g/mol. The third-order valence-electron chi connectivity index (χ3n) is 7.72. The maximum Gasteiger partial charge on any atom is 0.172 e. The van der Waals surface area contributed by atoms with Crippen molar-refractivity contribution in [3.05, 3.63) is 65.6 Å². The van der Waals surface area contributed by atoms with Crippen LogP contribution in [0.25, 0.3) is 0 Å².